The summed E-state index contributed by atoms with van der Waals surface area (Å²) in [5, 5.41) is 10.1. The van der Waals surface area contributed by atoms with Crippen LogP contribution in [0.3, 0.4) is 0 Å². The standard InChI is InChI=1S/C10H15ClN2O3S/c1-3-4-12-17(15,16)13-9-6-8(11)5-7(2)10(9)14/h5-6,12-14H,3-4H2,1-2H3. The van der Waals surface area contributed by atoms with Gasteiger partial charge in [-0.15, -0.1) is 0 Å². The van der Waals surface area contributed by atoms with Crippen molar-refractivity contribution in [2.75, 3.05) is 11.3 Å². The normalized spacial score (nSPS) is 11.5. The summed E-state index contributed by atoms with van der Waals surface area (Å²) < 4.78 is 27.7. The van der Waals surface area contributed by atoms with Gasteiger partial charge < -0.3 is 5.11 Å². The van der Waals surface area contributed by atoms with Crippen LogP contribution in [0.15, 0.2) is 12.1 Å². The van der Waals surface area contributed by atoms with E-state index in [9.17, 15) is 13.5 Å². The Labute approximate surface area is 106 Å². The summed E-state index contributed by atoms with van der Waals surface area (Å²) in [6, 6.07) is 2.91. The number of hydrogen-bond donors (Lipinski definition) is 3. The third-order valence-corrected chi connectivity index (χ3v) is 3.34. The molecule has 0 unspecified atom stereocenters. The molecule has 96 valence electrons. The van der Waals surface area contributed by atoms with Crippen molar-refractivity contribution in [1.29, 1.82) is 0 Å². The Hall–Kier alpha value is -0.980. The predicted octanol–water partition coefficient (Wildman–Crippen LogP) is 2.01. The molecule has 0 aliphatic heterocycles. The van der Waals surface area contributed by atoms with Crippen molar-refractivity contribution < 1.29 is 13.5 Å². The lowest BCUT2D eigenvalue weighted by atomic mass is 10.2. The van der Waals surface area contributed by atoms with E-state index in [2.05, 4.69) is 9.44 Å². The summed E-state index contributed by atoms with van der Waals surface area (Å²) in [7, 11) is -3.67. The molecule has 1 aromatic carbocycles. The molecule has 0 bridgehead atoms. The summed E-state index contributed by atoms with van der Waals surface area (Å²) in [4.78, 5) is 0. The van der Waals surface area contributed by atoms with Crippen LogP contribution in [0.4, 0.5) is 5.69 Å². The van der Waals surface area contributed by atoms with E-state index in [1.807, 2.05) is 6.92 Å². The fourth-order valence-electron chi connectivity index (χ4n) is 1.23. The lowest BCUT2D eigenvalue weighted by Crippen LogP contribution is -2.30. The van der Waals surface area contributed by atoms with Crippen molar-refractivity contribution in [2.45, 2.75) is 20.3 Å². The Morgan fingerprint density at radius 3 is 2.65 bits per heavy atom. The zero-order valence-corrected chi connectivity index (χ0v) is 11.2. The molecule has 7 heteroatoms. The lowest BCUT2D eigenvalue weighted by Gasteiger charge is -2.11. The van der Waals surface area contributed by atoms with Crippen LogP contribution in [0, 0.1) is 6.92 Å². The molecule has 0 aliphatic carbocycles. The zero-order valence-electron chi connectivity index (χ0n) is 9.62. The first-order valence-electron chi connectivity index (χ1n) is 5.12. The molecule has 0 saturated heterocycles. The molecule has 1 rings (SSSR count). The first-order chi connectivity index (χ1) is 7.85. The van der Waals surface area contributed by atoms with Gasteiger partial charge in [-0.3, -0.25) is 4.72 Å². The number of phenols is 1. The van der Waals surface area contributed by atoms with E-state index >= 15 is 0 Å². The highest BCUT2D eigenvalue weighted by molar-refractivity contribution is 7.90. The molecule has 0 aromatic heterocycles. The molecule has 3 N–H and O–H groups in total. The summed E-state index contributed by atoms with van der Waals surface area (Å²) >= 11 is 5.79. The molecule has 17 heavy (non-hydrogen) atoms. The zero-order chi connectivity index (χ0) is 13.1. The Morgan fingerprint density at radius 2 is 2.06 bits per heavy atom. The van der Waals surface area contributed by atoms with Gasteiger partial charge in [0.05, 0.1) is 5.69 Å². The maximum atomic E-state index is 11.6. The Morgan fingerprint density at radius 1 is 1.41 bits per heavy atom. The second kappa shape index (κ2) is 5.57. The summed E-state index contributed by atoms with van der Waals surface area (Å²) in [6.07, 6.45) is 0.682. The number of aryl methyl sites for hydroxylation is 1. The van der Waals surface area contributed by atoms with E-state index in [0.717, 1.165) is 0 Å². The Balaban J connectivity index is 2.95. The largest absolute Gasteiger partial charge is 0.505 e. The number of halogens is 1. The van der Waals surface area contributed by atoms with E-state index in [-0.39, 0.29) is 11.4 Å². The van der Waals surface area contributed by atoms with Crippen LogP contribution in [-0.2, 0) is 10.2 Å². The van der Waals surface area contributed by atoms with Crippen molar-refractivity contribution >= 4 is 27.5 Å². The van der Waals surface area contributed by atoms with Gasteiger partial charge in [-0.1, -0.05) is 18.5 Å². The highest BCUT2D eigenvalue weighted by Gasteiger charge is 2.13. The molecular weight excluding hydrogens is 264 g/mol. The van der Waals surface area contributed by atoms with Gasteiger partial charge in [0.25, 0.3) is 10.2 Å². The summed E-state index contributed by atoms with van der Waals surface area (Å²) in [6.45, 7) is 3.82. The number of phenolic OH excluding ortho intramolecular Hbond substituents is 1. The molecule has 0 spiro atoms. The van der Waals surface area contributed by atoms with Gasteiger partial charge in [-0.2, -0.15) is 13.1 Å². The van der Waals surface area contributed by atoms with Crippen molar-refractivity contribution in [2.24, 2.45) is 0 Å². The molecule has 0 amide bonds. The maximum absolute atomic E-state index is 11.6. The Bertz CT molecular complexity index is 503. The highest BCUT2D eigenvalue weighted by Crippen LogP contribution is 2.31. The quantitative estimate of drug-likeness (QED) is 0.721. The van der Waals surface area contributed by atoms with Gasteiger partial charge in [0.2, 0.25) is 0 Å². The second-order valence-corrected chi connectivity index (χ2v) is 5.55. The van der Waals surface area contributed by atoms with E-state index < -0.39 is 10.2 Å². The van der Waals surface area contributed by atoms with Gasteiger partial charge >= 0.3 is 0 Å². The highest BCUT2D eigenvalue weighted by atomic mass is 35.5. The number of hydrogen-bond acceptors (Lipinski definition) is 3. The minimum atomic E-state index is -3.67. The predicted molar refractivity (Wildman–Crippen MR) is 68.7 cm³/mol. The molecule has 1 aromatic rings. The van der Waals surface area contributed by atoms with Gasteiger partial charge in [-0.05, 0) is 31.0 Å². The van der Waals surface area contributed by atoms with E-state index in [4.69, 9.17) is 11.6 Å². The van der Waals surface area contributed by atoms with E-state index in [1.54, 1.807) is 13.0 Å². The lowest BCUT2D eigenvalue weighted by molar-refractivity contribution is 0.473. The number of aromatic hydroxyl groups is 1. The summed E-state index contributed by atoms with van der Waals surface area (Å²) in [5.74, 6) is -0.128. The number of anilines is 1. The van der Waals surface area contributed by atoms with Crippen LogP contribution < -0.4 is 9.44 Å². The van der Waals surface area contributed by atoms with E-state index in [0.29, 0.717) is 23.6 Å². The number of benzene rings is 1. The van der Waals surface area contributed by atoms with Crippen molar-refractivity contribution in [1.82, 2.24) is 4.72 Å². The summed E-state index contributed by atoms with van der Waals surface area (Å²) in [5.41, 5.74) is 0.573. The molecule has 0 heterocycles. The van der Waals surface area contributed by atoms with Crippen molar-refractivity contribution in [3.8, 4) is 5.75 Å². The van der Waals surface area contributed by atoms with Gasteiger partial charge in [0.1, 0.15) is 5.75 Å². The van der Waals surface area contributed by atoms with Crippen molar-refractivity contribution in [3.05, 3.63) is 22.7 Å². The second-order valence-electron chi connectivity index (χ2n) is 3.62. The third kappa shape index (κ3) is 4.07. The van der Waals surface area contributed by atoms with Crippen molar-refractivity contribution in [3.63, 3.8) is 0 Å². The SMILES string of the molecule is CCCNS(=O)(=O)Nc1cc(Cl)cc(C)c1O. The average Bonchev–Trinajstić information content (AvgIpc) is 2.22. The molecule has 0 radical (unpaired) electrons. The minimum absolute atomic E-state index is 0.0682. The smallest absolute Gasteiger partial charge is 0.299 e. The topological polar surface area (TPSA) is 78.4 Å². The van der Waals surface area contributed by atoms with Gasteiger partial charge in [0, 0.05) is 11.6 Å². The van der Waals surface area contributed by atoms with E-state index in [1.165, 1.54) is 6.07 Å². The van der Waals surface area contributed by atoms with Crippen LogP contribution in [-0.4, -0.2) is 20.1 Å². The van der Waals surface area contributed by atoms with Crippen LogP contribution in [0.25, 0.3) is 0 Å². The molecule has 0 aliphatic rings. The molecule has 0 atom stereocenters. The number of nitrogens with one attached hydrogen (secondary N) is 2. The fourth-order valence-corrected chi connectivity index (χ4v) is 2.49. The maximum Gasteiger partial charge on any atom is 0.299 e. The minimum Gasteiger partial charge on any atom is -0.505 e. The number of rotatable bonds is 5. The monoisotopic (exact) mass is 278 g/mol. The first-order valence-corrected chi connectivity index (χ1v) is 6.98. The van der Waals surface area contributed by atoms with Gasteiger partial charge in [-0.25, -0.2) is 0 Å². The molecule has 5 nitrogen and oxygen atoms in total. The molecular formula is C10H15ClN2O3S. The fraction of sp³-hybridized carbons (Fsp3) is 0.400. The third-order valence-electron chi connectivity index (χ3n) is 2.05. The first kappa shape index (κ1) is 14.1. The average molecular weight is 279 g/mol. The van der Waals surface area contributed by atoms with Crippen LogP contribution in [0.2, 0.25) is 5.02 Å². The van der Waals surface area contributed by atoms with Crippen LogP contribution in [0.1, 0.15) is 18.9 Å². The van der Waals surface area contributed by atoms with Gasteiger partial charge in [0.15, 0.2) is 0 Å². The molecule has 0 saturated carbocycles. The van der Waals surface area contributed by atoms with Crippen LogP contribution in [0.5, 0.6) is 5.75 Å². The Kier molecular flexibility index (Phi) is 4.62. The van der Waals surface area contributed by atoms with Crippen LogP contribution >= 0.6 is 11.6 Å². The molecule has 0 fully saturated rings.